The molecule has 0 amide bonds. The van der Waals surface area contributed by atoms with Crippen molar-refractivity contribution in [1.29, 1.82) is 0 Å². The Morgan fingerprint density at radius 3 is 2.36 bits per heavy atom. The molecule has 1 rings (SSSR count). The molecule has 0 N–H and O–H groups in total. The topological polar surface area (TPSA) is 9.23 Å². The summed E-state index contributed by atoms with van der Waals surface area (Å²) in [5.41, 5.74) is 0. The molecule has 0 aliphatic rings. The molecule has 11 heavy (non-hydrogen) atoms. The Morgan fingerprint density at radius 2 is 1.91 bits per heavy atom. The maximum absolute atomic E-state index is 5.04. The zero-order valence-electron chi connectivity index (χ0n) is 6.83. The number of methoxy groups -OCH3 is 1. The fraction of sp³-hybridized carbons (Fsp3) is 0.333. The smallest absolute Gasteiger partial charge is 0.118 e. The lowest BCUT2D eigenvalue weighted by molar-refractivity contribution is 0.414. The molecule has 0 radical (unpaired) electrons. The van der Waals surface area contributed by atoms with E-state index in [0.29, 0.717) is 0 Å². The van der Waals surface area contributed by atoms with Crippen LogP contribution >= 0.6 is 11.8 Å². The van der Waals surface area contributed by atoms with Crippen LogP contribution in [0.3, 0.4) is 0 Å². The second-order valence-corrected chi connectivity index (χ2v) is 3.45. The fourth-order valence-electron chi connectivity index (χ4n) is 0.839. The van der Waals surface area contributed by atoms with E-state index in [-0.39, 0.29) is 0 Å². The van der Waals surface area contributed by atoms with E-state index < -0.39 is 0 Å². The number of hydrogen-bond donors (Lipinski definition) is 0. The van der Waals surface area contributed by atoms with Crippen LogP contribution < -0.4 is 4.74 Å². The summed E-state index contributed by atoms with van der Waals surface area (Å²) in [5, 5.41) is 0. The average molecular weight is 168 g/mol. The summed E-state index contributed by atoms with van der Waals surface area (Å²) in [7, 11) is 1.68. The van der Waals surface area contributed by atoms with Crippen LogP contribution in [0.5, 0.6) is 5.75 Å². The molecule has 0 aromatic heterocycles. The SMILES string of the molecule is CCSc1ccc(OC)cc1. The van der Waals surface area contributed by atoms with E-state index in [2.05, 4.69) is 19.1 Å². The quantitative estimate of drug-likeness (QED) is 0.642. The Hall–Kier alpha value is -0.630. The number of thioether (sulfide) groups is 1. The van der Waals surface area contributed by atoms with Crippen LogP contribution in [0, 0.1) is 0 Å². The summed E-state index contributed by atoms with van der Waals surface area (Å²) in [6.07, 6.45) is 0. The van der Waals surface area contributed by atoms with Gasteiger partial charge in [-0.2, -0.15) is 0 Å². The minimum absolute atomic E-state index is 0.922. The van der Waals surface area contributed by atoms with E-state index in [4.69, 9.17) is 4.74 Å². The maximum atomic E-state index is 5.04. The highest BCUT2D eigenvalue weighted by Gasteiger charge is 1.91. The third-order valence-corrected chi connectivity index (χ3v) is 2.26. The molecule has 1 aromatic rings. The van der Waals surface area contributed by atoms with Crippen LogP contribution in [0.2, 0.25) is 0 Å². The molecule has 0 aliphatic carbocycles. The van der Waals surface area contributed by atoms with Crippen molar-refractivity contribution in [3.8, 4) is 5.75 Å². The molecule has 2 heteroatoms. The van der Waals surface area contributed by atoms with Gasteiger partial charge in [-0.15, -0.1) is 11.8 Å². The van der Waals surface area contributed by atoms with E-state index in [1.165, 1.54) is 4.90 Å². The zero-order valence-corrected chi connectivity index (χ0v) is 7.65. The monoisotopic (exact) mass is 168 g/mol. The Kier molecular flexibility index (Phi) is 3.30. The first-order chi connectivity index (χ1) is 5.36. The average Bonchev–Trinajstić information content (AvgIpc) is 2.07. The molecule has 0 atom stereocenters. The standard InChI is InChI=1S/C9H12OS/c1-3-11-9-6-4-8(10-2)5-7-9/h4-7H,3H2,1-2H3. The lowest BCUT2D eigenvalue weighted by Gasteiger charge is -2.00. The molecule has 0 bridgehead atoms. The van der Waals surface area contributed by atoms with Crippen molar-refractivity contribution in [2.75, 3.05) is 12.9 Å². The van der Waals surface area contributed by atoms with Crippen LogP contribution in [0.4, 0.5) is 0 Å². The highest BCUT2D eigenvalue weighted by atomic mass is 32.2. The highest BCUT2D eigenvalue weighted by Crippen LogP contribution is 2.20. The van der Waals surface area contributed by atoms with Gasteiger partial charge < -0.3 is 4.74 Å². The van der Waals surface area contributed by atoms with E-state index in [0.717, 1.165) is 11.5 Å². The number of benzene rings is 1. The van der Waals surface area contributed by atoms with Gasteiger partial charge in [-0.1, -0.05) is 6.92 Å². The van der Waals surface area contributed by atoms with Gasteiger partial charge in [-0.25, -0.2) is 0 Å². The Morgan fingerprint density at radius 1 is 1.27 bits per heavy atom. The van der Waals surface area contributed by atoms with Gasteiger partial charge in [0.15, 0.2) is 0 Å². The lowest BCUT2D eigenvalue weighted by atomic mass is 10.3. The molecular formula is C9H12OS. The number of ether oxygens (including phenoxy) is 1. The van der Waals surface area contributed by atoms with Crippen molar-refractivity contribution in [2.45, 2.75) is 11.8 Å². The van der Waals surface area contributed by atoms with Gasteiger partial charge >= 0.3 is 0 Å². The minimum atomic E-state index is 0.922. The van der Waals surface area contributed by atoms with Gasteiger partial charge in [0.1, 0.15) is 5.75 Å². The van der Waals surface area contributed by atoms with Gasteiger partial charge in [-0.05, 0) is 30.0 Å². The summed E-state index contributed by atoms with van der Waals surface area (Å²) >= 11 is 1.84. The van der Waals surface area contributed by atoms with E-state index in [9.17, 15) is 0 Å². The summed E-state index contributed by atoms with van der Waals surface area (Å²) in [5.74, 6) is 2.04. The van der Waals surface area contributed by atoms with Gasteiger partial charge in [0.2, 0.25) is 0 Å². The number of hydrogen-bond acceptors (Lipinski definition) is 2. The van der Waals surface area contributed by atoms with E-state index in [1.807, 2.05) is 23.9 Å². The van der Waals surface area contributed by atoms with Crippen LogP contribution in [-0.4, -0.2) is 12.9 Å². The van der Waals surface area contributed by atoms with Gasteiger partial charge in [-0.3, -0.25) is 0 Å². The van der Waals surface area contributed by atoms with Gasteiger partial charge in [0.05, 0.1) is 7.11 Å². The highest BCUT2D eigenvalue weighted by molar-refractivity contribution is 7.99. The third-order valence-electron chi connectivity index (χ3n) is 1.37. The predicted octanol–water partition coefficient (Wildman–Crippen LogP) is 2.81. The molecule has 0 fully saturated rings. The van der Waals surface area contributed by atoms with Gasteiger partial charge in [0.25, 0.3) is 0 Å². The summed E-state index contributed by atoms with van der Waals surface area (Å²) in [6.45, 7) is 2.15. The van der Waals surface area contributed by atoms with E-state index in [1.54, 1.807) is 7.11 Å². The molecular weight excluding hydrogens is 156 g/mol. The molecule has 1 nitrogen and oxygen atoms in total. The maximum Gasteiger partial charge on any atom is 0.118 e. The fourth-order valence-corrected chi connectivity index (χ4v) is 1.50. The molecule has 0 aliphatic heterocycles. The predicted molar refractivity (Wildman–Crippen MR) is 49.4 cm³/mol. The van der Waals surface area contributed by atoms with Crippen molar-refractivity contribution in [2.24, 2.45) is 0 Å². The Balaban J connectivity index is 2.66. The Bertz CT molecular complexity index is 205. The van der Waals surface area contributed by atoms with Crippen molar-refractivity contribution >= 4 is 11.8 Å². The van der Waals surface area contributed by atoms with Crippen LogP contribution in [0.15, 0.2) is 29.2 Å². The second kappa shape index (κ2) is 4.29. The summed E-state index contributed by atoms with van der Waals surface area (Å²) in [6, 6.07) is 8.12. The lowest BCUT2D eigenvalue weighted by Crippen LogP contribution is -1.81. The first kappa shape index (κ1) is 8.47. The van der Waals surface area contributed by atoms with Crippen LogP contribution in [0.1, 0.15) is 6.92 Å². The molecule has 0 heterocycles. The van der Waals surface area contributed by atoms with Gasteiger partial charge in [0, 0.05) is 4.90 Å². The zero-order chi connectivity index (χ0) is 8.10. The molecule has 0 saturated carbocycles. The van der Waals surface area contributed by atoms with Crippen molar-refractivity contribution in [3.05, 3.63) is 24.3 Å². The summed E-state index contributed by atoms with van der Waals surface area (Å²) in [4.78, 5) is 1.30. The normalized spacial score (nSPS) is 9.64. The Labute approximate surface area is 71.8 Å². The molecule has 0 spiro atoms. The summed E-state index contributed by atoms with van der Waals surface area (Å²) < 4.78 is 5.04. The first-order valence-electron chi connectivity index (χ1n) is 3.63. The van der Waals surface area contributed by atoms with Crippen molar-refractivity contribution < 1.29 is 4.74 Å². The number of rotatable bonds is 3. The third kappa shape index (κ3) is 2.46. The molecule has 0 unspecified atom stereocenters. The first-order valence-corrected chi connectivity index (χ1v) is 4.62. The molecule has 60 valence electrons. The second-order valence-electron chi connectivity index (χ2n) is 2.11. The van der Waals surface area contributed by atoms with Crippen molar-refractivity contribution in [3.63, 3.8) is 0 Å². The van der Waals surface area contributed by atoms with Crippen LogP contribution in [-0.2, 0) is 0 Å². The molecule has 1 aromatic carbocycles. The minimum Gasteiger partial charge on any atom is -0.497 e. The van der Waals surface area contributed by atoms with E-state index >= 15 is 0 Å². The molecule has 0 saturated heterocycles. The van der Waals surface area contributed by atoms with Crippen molar-refractivity contribution in [1.82, 2.24) is 0 Å². The van der Waals surface area contributed by atoms with Crippen LogP contribution in [0.25, 0.3) is 0 Å². The largest absolute Gasteiger partial charge is 0.497 e.